The zero-order chi connectivity index (χ0) is 15.5. The summed E-state index contributed by atoms with van der Waals surface area (Å²) >= 11 is 19.7. The Hall–Kier alpha value is -0.780. The third-order valence-electron chi connectivity index (χ3n) is 1.99. The van der Waals surface area contributed by atoms with Crippen molar-refractivity contribution < 1.29 is 9.49 Å². The number of nitrogens with one attached hydrogen (secondary N) is 1. The highest BCUT2D eigenvalue weighted by molar-refractivity contribution is 8.24. The number of rotatable bonds is 1. The highest BCUT2D eigenvalue weighted by Gasteiger charge is 2.08. The average Bonchev–Trinajstić information content (AvgIpc) is 2.25. The Balaban J connectivity index is 0.000000347. The third kappa shape index (κ3) is 5.69. The molecular formula is C9H5Cl4N2O4P. The van der Waals surface area contributed by atoms with Crippen molar-refractivity contribution in [3.05, 3.63) is 49.8 Å². The van der Waals surface area contributed by atoms with Crippen LogP contribution >= 0.6 is 50.5 Å². The van der Waals surface area contributed by atoms with E-state index in [1.165, 1.54) is 24.3 Å². The molecule has 0 radical (unpaired) electrons. The van der Waals surface area contributed by atoms with Gasteiger partial charge in [0.05, 0.1) is 15.5 Å². The fourth-order valence-corrected chi connectivity index (χ4v) is 1.58. The summed E-state index contributed by atoms with van der Waals surface area (Å²) in [6, 6.07) is 5.36. The number of aromatic nitrogens is 1. The maximum absolute atomic E-state index is 11.1. The first-order valence-corrected chi connectivity index (χ1v) is 9.54. The van der Waals surface area contributed by atoms with Gasteiger partial charge in [-0.05, 0) is 39.8 Å². The zero-order valence-electron chi connectivity index (χ0n) is 9.35. The highest BCUT2D eigenvalue weighted by Crippen LogP contribution is 2.61. The van der Waals surface area contributed by atoms with E-state index in [1.54, 1.807) is 0 Å². The van der Waals surface area contributed by atoms with Crippen molar-refractivity contribution in [3.8, 4) is 0 Å². The molecule has 0 amide bonds. The van der Waals surface area contributed by atoms with Crippen LogP contribution in [0.1, 0.15) is 0 Å². The van der Waals surface area contributed by atoms with Gasteiger partial charge in [0.15, 0.2) is 0 Å². The summed E-state index contributed by atoms with van der Waals surface area (Å²) < 4.78 is 9.51. The van der Waals surface area contributed by atoms with Crippen LogP contribution in [0.3, 0.4) is 0 Å². The molecule has 0 aliphatic carbocycles. The monoisotopic (exact) mass is 376 g/mol. The number of benzene rings is 1. The summed E-state index contributed by atoms with van der Waals surface area (Å²) in [5.74, 6) is 0. The molecule has 1 N–H and O–H groups in total. The van der Waals surface area contributed by atoms with Crippen molar-refractivity contribution in [2.24, 2.45) is 0 Å². The first-order valence-electron chi connectivity index (χ1n) is 4.74. The molecule has 2 rings (SSSR count). The molecular weight excluding hydrogens is 373 g/mol. The maximum atomic E-state index is 11.1. The first-order chi connectivity index (χ1) is 9.08. The second-order valence-electron chi connectivity index (χ2n) is 3.37. The molecule has 0 fully saturated rings. The minimum absolute atomic E-state index is 0.0829. The number of halogens is 4. The zero-order valence-corrected chi connectivity index (χ0v) is 13.3. The molecule has 20 heavy (non-hydrogen) atoms. The van der Waals surface area contributed by atoms with Crippen LogP contribution in [-0.4, -0.2) is 9.91 Å². The van der Waals surface area contributed by atoms with Crippen LogP contribution in [0.2, 0.25) is 5.02 Å². The van der Waals surface area contributed by atoms with E-state index in [4.69, 9.17) is 11.6 Å². The Bertz CT molecular complexity index is 749. The van der Waals surface area contributed by atoms with Crippen molar-refractivity contribution in [1.29, 1.82) is 0 Å². The third-order valence-corrected chi connectivity index (χ3v) is 2.30. The quantitative estimate of drug-likeness (QED) is 0.434. The van der Waals surface area contributed by atoms with E-state index in [1.807, 2.05) is 0 Å². The van der Waals surface area contributed by atoms with Gasteiger partial charge in [-0.25, -0.2) is 0 Å². The van der Waals surface area contributed by atoms with Gasteiger partial charge in [0.2, 0.25) is 5.56 Å². The number of non-ortho nitro benzene ring substituents is 1. The fraction of sp³-hybridized carbons (Fsp3) is 0. The standard InChI is InChI=1S/C9H5ClN2O3.Cl3OP/c10-7-4-9(13)11-8-3-5(12(14)15)1-2-6(7)8;1-5(2,3)4/h1-4H,(H,11,13);. The molecule has 0 atom stereocenters. The molecule has 6 nitrogen and oxygen atoms in total. The molecule has 1 aromatic carbocycles. The molecule has 1 aromatic heterocycles. The van der Waals surface area contributed by atoms with Gasteiger partial charge < -0.3 is 4.98 Å². The Morgan fingerprint density at radius 3 is 2.25 bits per heavy atom. The van der Waals surface area contributed by atoms with Crippen LogP contribution in [0, 0.1) is 10.1 Å². The van der Waals surface area contributed by atoms with Gasteiger partial charge in [-0.2, -0.15) is 0 Å². The lowest BCUT2D eigenvalue weighted by molar-refractivity contribution is -0.384. The molecule has 0 spiro atoms. The molecule has 0 unspecified atom stereocenters. The van der Waals surface area contributed by atoms with Crippen LogP contribution in [-0.2, 0) is 4.57 Å². The van der Waals surface area contributed by atoms with Gasteiger partial charge in [0, 0.05) is 23.6 Å². The summed E-state index contributed by atoms with van der Waals surface area (Å²) in [5.41, 5.74) is -0.102. The van der Waals surface area contributed by atoms with Gasteiger partial charge in [-0.3, -0.25) is 19.5 Å². The molecule has 0 aliphatic heterocycles. The number of fused-ring (bicyclic) bond motifs is 1. The van der Waals surface area contributed by atoms with Crippen LogP contribution < -0.4 is 5.56 Å². The number of nitro benzene ring substituents is 1. The predicted molar refractivity (Wildman–Crippen MR) is 81.4 cm³/mol. The van der Waals surface area contributed by atoms with Gasteiger partial charge in [-0.1, -0.05) is 11.6 Å². The smallest absolute Gasteiger partial charge is 0.322 e. The normalized spacial score (nSPS) is 10.8. The number of H-pyrrole nitrogens is 1. The van der Waals surface area contributed by atoms with Gasteiger partial charge >= 0.3 is 5.20 Å². The molecule has 0 aliphatic rings. The van der Waals surface area contributed by atoms with E-state index in [0.717, 1.165) is 0 Å². The van der Waals surface area contributed by atoms with Crippen molar-refractivity contribution in [1.82, 2.24) is 4.98 Å². The number of aromatic amines is 1. The second-order valence-corrected chi connectivity index (χ2v) is 10.4. The lowest BCUT2D eigenvalue weighted by Crippen LogP contribution is -2.03. The number of hydrogen-bond donors (Lipinski definition) is 1. The summed E-state index contributed by atoms with van der Waals surface area (Å²) in [7, 11) is 0. The molecule has 0 saturated heterocycles. The Kier molecular flexibility index (Phi) is 5.86. The minimum atomic E-state index is -3.22. The summed E-state index contributed by atoms with van der Waals surface area (Å²) in [5, 5.41) is 8.14. The van der Waals surface area contributed by atoms with E-state index in [0.29, 0.717) is 10.9 Å². The lowest BCUT2D eigenvalue weighted by Gasteiger charge is -1.99. The summed E-state index contributed by atoms with van der Waals surface area (Å²) in [6.07, 6.45) is 0. The van der Waals surface area contributed by atoms with E-state index < -0.39 is 10.1 Å². The van der Waals surface area contributed by atoms with Crippen molar-refractivity contribution >= 4 is 67.1 Å². The average molecular weight is 378 g/mol. The first kappa shape index (κ1) is 17.3. The van der Waals surface area contributed by atoms with Crippen LogP contribution in [0.15, 0.2) is 29.1 Å². The molecule has 1 heterocycles. The van der Waals surface area contributed by atoms with E-state index >= 15 is 0 Å². The maximum Gasteiger partial charge on any atom is 0.339 e. The minimum Gasteiger partial charge on any atom is -0.322 e. The number of pyridine rings is 1. The largest absolute Gasteiger partial charge is 0.339 e. The molecule has 11 heteroatoms. The van der Waals surface area contributed by atoms with Crippen LogP contribution in [0.25, 0.3) is 10.9 Å². The van der Waals surface area contributed by atoms with Gasteiger partial charge in [0.1, 0.15) is 0 Å². The van der Waals surface area contributed by atoms with Crippen molar-refractivity contribution in [2.75, 3.05) is 0 Å². The molecule has 2 aromatic rings. The van der Waals surface area contributed by atoms with Crippen LogP contribution in [0.5, 0.6) is 0 Å². The number of hydrogen-bond acceptors (Lipinski definition) is 4. The molecule has 0 saturated carbocycles. The topological polar surface area (TPSA) is 93.1 Å². The Morgan fingerprint density at radius 2 is 1.75 bits per heavy atom. The van der Waals surface area contributed by atoms with Gasteiger partial charge in [-0.15, -0.1) is 0 Å². The fourth-order valence-electron chi connectivity index (χ4n) is 1.32. The summed E-state index contributed by atoms with van der Waals surface area (Å²) in [6.45, 7) is 0. The second kappa shape index (κ2) is 6.78. The molecule has 108 valence electrons. The van der Waals surface area contributed by atoms with Crippen LogP contribution in [0.4, 0.5) is 5.69 Å². The lowest BCUT2D eigenvalue weighted by atomic mass is 10.2. The Morgan fingerprint density at radius 1 is 1.20 bits per heavy atom. The highest BCUT2D eigenvalue weighted by atomic mass is 36.0. The number of nitrogens with zero attached hydrogens (tertiary/aromatic N) is 1. The molecule has 0 bridgehead atoms. The van der Waals surface area contributed by atoms with E-state index in [2.05, 4.69) is 38.7 Å². The van der Waals surface area contributed by atoms with Crippen molar-refractivity contribution in [2.45, 2.75) is 0 Å². The van der Waals surface area contributed by atoms with E-state index in [-0.39, 0.29) is 16.3 Å². The Labute approximate surface area is 131 Å². The van der Waals surface area contributed by atoms with Gasteiger partial charge in [0.25, 0.3) is 5.69 Å². The predicted octanol–water partition coefficient (Wildman–Crippen LogP) is 4.90. The number of nitro groups is 1. The SMILES string of the molecule is O=P(Cl)(Cl)Cl.O=c1cc(Cl)c2ccc([N+](=O)[O-])cc2[nH]1. The van der Waals surface area contributed by atoms with E-state index in [9.17, 15) is 19.5 Å². The summed E-state index contributed by atoms with van der Waals surface area (Å²) in [4.78, 5) is 23.5. The van der Waals surface area contributed by atoms with Crippen molar-refractivity contribution in [3.63, 3.8) is 0 Å².